The maximum Gasteiger partial charge on any atom is 0.253 e. The Morgan fingerprint density at radius 1 is 1.71 bits per heavy atom. The van der Waals surface area contributed by atoms with Gasteiger partial charge in [-0.1, -0.05) is 22.9 Å². The normalized spacial score (nSPS) is 12.1. The van der Waals surface area contributed by atoms with Crippen LogP contribution < -0.4 is 5.32 Å². The maximum atomic E-state index is 11.6. The number of alkyl halides is 1. The fourth-order valence-corrected chi connectivity index (χ4v) is 1.64. The highest BCUT2D eigenvalue weighted by atomic mass is 79.9. The lowest BCUT2D eigenvalue weighted by atomic mass is 10.2. The van der Waals surface area contributed by atoms with Crippen molar-refractivity contribution in [3.8, 4) is 0 Å². The Morgan fingerprint density at radius 3 is 3.00 bits per heavy atom. The van der Waals surface area contributed by atoms with Crippen molar-refractivity contribution in [3.63, 3.8) is 0 Å². The largest absolute Gasteiger partial charge is 0.348 e. The van der Waals surface area contributed by atoms with Crippen molar-refractivity contribution < 1.29 is 4.79 Å². The molecule has 0 aliphatic rings. The molecule has 0 bridgehead atoms. The Labute approximate surface area is 92.1 Å². The summed E-state index contributed by atoms with van der Waals surface area (Å²) in [6.07, 6.45) is 4.13. The van der Waals surface area contributed by atoms with Gasteiger partial charge in [-0.2, -0.15) is 0 Å². The highest BCUT2D eigenvalue weighted by molar-refractivity contribution is 9.09. The number of aromatic nitrogens is 1. The molecular weight excluding hydrogens is 244 g/mol. The number of hydrogen-bond donors (Lipinski definition) is 1. The van der Waals surface area contributed by atoms with Gasteiger partial charge in [-0.05, 0) is 18.6 Å². The van der Waals surface area contributed by atoms with Gasteiger partial charge in [0.05, 0.1) is 5.56 Å². The third kappa shape index (κ3) is 3.10. The molecule has 1 heterocycles. The van der Waals surface area contributed by atoms with Gasteiger partial charge in [0, 0.05) is 23.8 Å². The predicted octanol–water partition coefficient (Wildman–Crippen LogP) is 1.98. The smallest absolute Gasteiger partial charge is 0.253 e. The van der Waals surface area contributed by atoms with Crippen molar-refractivity contribution >= 4 is 21.8 Å². The molecule has 4 heteroatoms. The maximum absolute atomic E-state index is 11.6. The fraction of sp³-hybridized carbons (Fsp3) is 0.400. The van der Waals surface area contributed by atoms with E-state index in [1.54, 1.807) is 24.5 Å². The molecule has 76 valence electrons. The Balaban J connectivity index is 2.59. The molecule has 1 aromatic rings. The molecule has 1 aromatic heterocycles. The molecule has 0 aromatic carbocycles. The second kappa shape index (κ2) is 5.75. The van der Waals surface area contributed by atoms with Crippen LogP contribution in [0.2, 0.25) is 0 Å². The fourth-order valence-electron chi connectivity index (χ4n) is 1.02. The first-order valence-corrected chi connectivity index (χ1v) is 5.67. The van der Waals surface area contributed by atoms with E-state index in [1.807, 2.05) is 6.92 Å². The SMILES string of the molecule is CCC(CBr)NC(=O)c1cccnc1. The number of amides is 1. The molecule has 1 atom stereocenters. The molecule has 0 saturated carbocycles. The van der Waals surface area contributed by atoms with Crippen LogP contribution in [0.5, 0.6) is 0 Å². The molecule has 14 heavy (non-hydrogen) atoms. The van der Waals surface area contributed by atoms with Gasteiger partial charge in [0.2, 0.25) is 0 Å². The average Bonchev–Trinajstić information content (AvgIpc) is 2.26. The Morgan fingerprint density at radius 2 is 2.50 bits per heavy atom. The predicted molar refractivity (Wildman–Crippen MR) is 59.6 cm³/mol. The summed E-state index contributed by atoms with van der Waals surface area (Å²) < 4.78 is 0. The number of nitrogens with one attached hydrogen (secondary N) is 1. The van der Waals surface area contributed by atoms with Crippen LogP contribution in [0.15, 0.2) is 24.5 Å². The van der Waals surface area contributed by atoms with E-state index in [-0.39, 0.29) is 11.9 Å². The van der Waals surface area contributed by atoms with Gasteiger partial charge in [-0.15, -0.1) is 0 Å². The standard InChI is InChI=1S/C10H13BrN2O/c1-2-9(6-11)13-10(14)8-4-3-5-12-7-8/h3-5,7,9H,2,6H2,1H3,(H,13,14). The zero-order valence-corrected chi connectivity index (χ0v) is 9.62. The minimum atomic E-state index is -0.0654. The van der Waals surface area contributed by atoms with Crippen LogP contribution in [0, 0.1) is 0 Å². The van der Waals surface area contributed by atoms with Crippen LogP contribution in [-0.2, 0) is 0 Å². The number of nitrogens with zero attached hydrogens (tertiary/aromatic N) is 1. The molecule has 1 unspecified atom stereocenters. The third-order valence-corrected chi connectivity index (χ3v) is 2.72. The lowest BCUT2D eigenvalue weighted by Crippen LogP contribution is -2.35. The number of carbonyl (C=O) groups excluding carboxylic acids is 1. The number of rotatable bonds is 4. The first kappa shape index (κ1) is 11.2. The molecule has 0 radical (unpaired) electrons. The highest BCUT2D eigenvalue weighted by Crippen LogP contribution is 2.00. The third-order valence-electron chi connectivity index (χ3n) is 1.94. The first-order chi connectivity index (χ1) is 6.77. The van der Waals surface area contributed by atoms with Gasteiger partial charge in [0.1, 0.15) is 0 Å². The molecule has 0 aliphatic carbocycles. The summed E-state index contributed by atoms with van der Waals surface area (Å²) in [5, 5.41) is 3.68. The van der Waals surface area contributed by atoms with Gasteiger partial charge in [-0.3, -0.25) is 9.78 Å². The monoisotopic (exact) mass is 256 g/mol. The summed E-state index contributed by atoms with van der Waals surface area (Å²) in [5.74, 6) is -0.0654. The zero-order valence-electron chi connectivity index (χ0n) is 8.03. The minimum absolute atomic E-state index is 0.0654. The summed E-state index contributed by atoms with van der Waals surface area (Å²) in [6, 6.07) is 3.69. The van der Waals surface area contributed by atoms with Crippen molar-refractivity contribution in [2.75, 3.05) is 5.33 Å². The molecule has 3 nitrogen and oxygen atoms in total. The number of pyridine rings is 1. The topological polar surface area (TPSA) is 42.0 Å². The van der Waals surface area contributed by atoms with E-state index in [0.29, 0.717) is 5.56 Å². The van der Waals surface area contributed by atoms with E-state index in [1.165, 1.54) is 0 Å². The average molecular weight is 257 g/mol. The molecule has 0 saturated heterocycles. The molecular formula is C10H13BrN2O. The van der Waals surface area contributed by atoms with E-state index in [4.69, 9.17) is 0 Å². The molecule has 0 spiro atoms. The van der Waals surface area contributed by atoms with Crippen LogP contribution >= 0.6 is 15.9 Å². The Bertz CT molecular complexity index is 285. The van der Waals surface area contributed by atoms with Crippen LogP contribution in [0.4, 0.5) is 0 Å². The Hall–Kier alpha value is -0.900. The number of hydrogen-bond acceptors (Lipinski definition) is 2. The first-order valence-electron chi connectivity index (χ1n) is 4.54. The molecule has 0 aliphatic heterocycles. The van der Waals surface area contributed by atoms with Gasteiger partial charge in [-0.25, -0.2) is 0 Å². The lowest BCUT2D eigenvalue weighted by Gasteiger charge is -2.13. The van der Waals surface area contributed by atoms with Gasteiger partial charge < -0.3 is 5.32 Å². The summed E-state index contributed by atoms with van der Waals surface area (Å²) in [6.45, 7) is 2.04. The number of halogens is 1. The Kier molecular flexibility index (Phi) is 4.59. The molecule has 1 rings (SSSR count). The van der Waals surface area contributed by atoms with Crippen LogP contribution in [-0.4, -0.2) is 22.3 Å². The van der Waals surface area contributed by atoms with E-state index in [0.717, 1.165) is 11.8 Å². The second-order valence-corrected chi connectivity index (χ2v) is 3.62. The van der Waals surface area contributed by atoms with E-state index < -0.39 is 0 Å². The van der Waals surface area contributed by atoms with Gasteiger partial charge >= 0.3 is 0 Å². The van der Waals surface area contributed by atoms with Gasteiger partial charge in [0.25, 0.3) is 5.91 Å². The van der Waals surface area contributed by atoms with Crippen LogP contribution in [0.3, 0.4) is 0 Å². The number of carbonyl (C=O) groups is 1. The summed E-state index contributed by atoms with van der Waals surface area (Å²) >= 11 is 3.35. The second-order valence-electron chi connectivity index (χ2n) is 2.97. The summed E-state index contributed by atoms with van der Waals surface area (Å²) in [5.41, 5.74) is 0.604. The van der Waals surface area contributed by atoms with Gasteiger partial charge in [0.15, 0.2) is 0 Å². The van der Waals surface area contributed by atoms with Crippen molar-refractivity contribution in [2.24, 2.45) is 0 Å². The van der Waals surface area contributed by atoms with Crippen molar-refractivity contribution in [1.29, 1.82) is 0 Å². The van der Waals surface area contributed by atoms with E-state index in [2.05, 4.69) is 26.2 Å². The van der Waals surface area contributed by atoms with Crippen LogP contribution in [0.1, 0.15) is 23.7 Å². The lowest BCUT2D eigenvalue weighted by molar-refractivity contribution is 0.0940. The summed E-state index contributed by atoms with van der Waals surface area (Å²) in [4.78, 5) is 15.5. The van der Waals surface area contributed by atoms with Crippen LogP contribution in [0.25, 0.3) is 0 Å². The highest BCUT2D eigenvalue weighted by Gasteiger charge is 2.10. The minimum Gasteiger partial charge on any atom is -0.348 e. The molecule has 1 N–H and O–H groups in total. The molecule has 0 fully saturated rings. The van der Waals surface area contributed by atoms with Crippen molar-refractivity contribution in [3.05, 3.63) is 30.1 Å². The van der Waals surface area contributed by atoms with Crippen molar-refractivity contribution in [1.82, 2.24) is 10.3 Å². The molecule has 1 amide bonds. The van der Waals surface area contributed by atoms with Crippen molar-refractivity contribution in [2.45, 2.75) is 19.4 Å². The summed E-state index contributed by atoms with van der Waals surface area (Å²) in [7, 11) is 0. The zero-order chi connectivity index (χ0) is 10.4. The van der Waals surface area contributed by atoms with E-state index >= 15 is 0 Å². The van der Waals surface area contributed by atoms with E-state index in [9.17, 15) is 4.79 Å². The quantitative estimate of drug-likeness (QED) is 0.838.